The fraction of sp³-hybridized carbons (Fsp3) is 0.692. The first kappa shape index (κ1) is 15.8. The number of hydrogen-bond acceptors (Lipinski definition) is 4. The molecule has 0 bridgehead atoms. The first-order valence-corrected chi connectivity index (χ1v) is 6.92. The fourth-order valence-electron chi connectivity index (χ4n) is 2.39. The lowest BCUT2D eigenvalue weighted by atomic mass is 10.1. The number of aliphatic carboxylic acids is 1. The fourth-order valence-corrected chi connectivity index (χ4v) is 2.39. The number of carboxylic acid groups (broad SMARTS) is 1. The Kier molecular flexibility index (Phi) is 5.63. The highest BCUT2D eigenvalue weighted by molar-refractivity contribution is 5.66. The number of halogens is 2. The standard InChI is InChI=1S/C13H19F2N3O3/c14-13(15)18-7-4-16-11(18)9-17-5-1-10(2-6-17)21-8-3-12(19)20/h4,7,10,13H,1-3,5-6,8-9H2,(H,19,20). The van der Waals surface area contributed by atoms with Gasteiger partial charge in [-0.2, -0.15) is 8.78 Å². The van der Waals surface area contributed by atoms with Crippen molar-refractivity contribution >= 4 is 5.97 Å². The average Bonchev–Trinajstić information content (AvgIpc) is 2.89. The zero-order valence-electron chi connectivity index (χ0n) is 11.6. The van der Waals surface area contributed by atoms with Crippen LogP contribution < -0.4 is 0 Å². The second kappa shape index (κ2) is 7.46. The van der Waals surface area contributed by atoms with E-state index < -0.39 is 12.5 Å². The van der Waals surface area contributed by atoms with E-state index in [9.17, 15) is 13.6 Å². The quantitative estimate of drug-likeness (QED) is 0.831. The Balaban J connectivity index is 1.74. The van der Waals surface area contributed by atoms with Crippen LogP contribution in [-0.4, -0.2) is 51.3 Å². The molecule has 1 saturated heterocycles. The van der Waals surface area contributed by atoms with Crippen LogP contribution in [0.15, 0.2) is 12.4 Å². The van der Waals surface area contributed by atoms with Gasteiger partial charge in [0, 0.05) is 25.5 Å². The van der Waals surface area contributed by atoms with Crippen molar-refractivity contribution in [2.24, 2.45) is 0 Å². The predicted octanol–water partition coefficient (Wildman–Crippen LogP) is 1.73. The number of piperidine rings is 1. The molecule has 1 aliphatic heterocycles. The molecule has 2 heterocycles. The molecule has 1 aromatic rings. The Morgan fingerprint density at radius 3 is 2.81 bits per heavy atom. The molecule has 1 fully saturated rings. The number of carboxylic acids is 1. The number of carbonyl (C=O) groups is 1. The van der Waals surface area contributed by atoms with Crippen LogP contribution in [0, 0.1) is 0 Å². The molecule has 1 N–H and O–H groups in total. The SMILES string of the molecule is O=C(O)CCOC1CCN(Cc2nccn2C(F)F)CC1. The molecule has 0 amide bonds. The molecule has 0 unspecified atom stereocenters. The van der Waals surface area contributed by atoms with Crippen molar-refractivity contribution in [1.29, 1.82) is 0 Å². The summed E-state index contributed by atoms with van der Waals surface area (Å²) in [4.78, 5) is 16.4. The van der Waals surface area contributed by atoms with Crippen LogP contribution in [-0.2, 0) is 16.1 Å². The maximum atomic E-state index is 12.7. The summed E-state index contributed by atoms with van der Waals surface area (Å²) < 4.78 is 31.8. The summed E-state index contributed by atoms with van der Waals surface area (Å²) in [6.07, 6.45) is 4.26. The van der Waals surface area contributed by atoms with Gasteiger partial charge >= 0.3 is 12.5 Å². The molecule has 0 saturated carbocycles. The highest BCUT2D eigenvalue weighted by Gasteiger charge is 2.22. The van der Waals surface area contributed by atoms with E-state index in [4.69, 9.17) is 9.84 Å². The minimum atomic E-state index is -2.57. The second-order valence-electron chi connectivity index (χ2n) is 5.02. The first-order chi connectivity index (χ1) is 10.1. The largest absolute Gasteiger partial charge is 0.481 e. The third kappa shape index (κ3) is 4.75. The van der Waals surface area contributed by atoms with Crippen molar-refractivity contribution in [3.63, 3.8) is 0 Å². The molecule has 21 heavy (non-hydrogen) atoms. The summed E-state index contributed by atoms with van der Waals surface area (Å²) in [5.74, 6) is -0.512. The highest BCUT2D eigenvalue weighted by atomic mass is 19.3. The van der Waals surface area contributed by atoms with Gasteiger partial charge in [-0.25, -0.2) is 4.98 Å². The lowest BCUT2D eigenvalue weighted by molar-refractivity contribution is -0.138. The van der Waals surface area contributed by atoms with Crippen molar-refractivity contribution in [1.82, 2.24) is 14.5 Å². The molecule has 0 aromatic carbocycles. The van der Waals surface area contributed by atoms with E-state index in [1.165, 1.54) is 12.4 Å². The molecule has 8 heteroatoms. The van der Waals surface area contributed by atoms with Crippen LogP contribution in [0.3, 0.4) is 0 Å². The Labute approximate surface area is 121 Å². The van der Waals surface area contributed by atoms with Crippen LogP contribution >= 0.6 is 0 Å². The number of alkyl halides is 2. The summed E-state index contributed by atoms with van der Waals surface area (Å²) in [6.45, 7) is -0.504. The summed E-state index contributed by atoms with van der Waals surface area (Å²) in [6, 6.07) is 0. The molecule has 1 aromatic heterocycles. The van der Waals surface area contributed by atoms with Gasteiger partial charge in [-0.1, -0.05) is 0 Å². The lowest BCUT2D eigenvalue weighted by Gasteiger charge is -2.31. The molecule has 1 aliphatic rings. The van der Waals surface area contributed by atoms with Crippen LogP contribution in [0.1, 0.15) is 31.6 Å². The van der Waals surface area contributed by atoms with E-state index in [-0.39, 0.29) is 19.1 Å². The van der Waals surface area contributed by atoms with E-state index in [1.54, 1.807) is 0 Å². The van der Waals surface area contributed by atoms with Gasteiger partial charge < -0.3 is 9.84 Å². The number of rotatable bonds is 7. The van der Waals surface area contributed by atoms with Crippen molar-refractivity contribution in [2.75, 3.05) is 19.7 Å². The smallest absolute Gasteiger partial charge is 0.319 e. The maximum absolute atomic E-state index is 12.7. The maximum Gasteiger partial charge on any atom is 0.319 e. The Morgan fingerprint density at radius 2 is 2.19 bits per heavy atom. The number of aromatic nitrogens is 2. The van der Waals surface area contributed by atoms with Crippen LogP contribution in [0.5, 0.6) is 0 Å². The van der Waals surface area contributed by atoms with Crippen LogP contribution in [0.2, 0.25) is 0 Å². The minimum Gasteiger partial charge on any atom is -0.481 e. The molecular formula is C13H19F2N3O3. The Hall–Kier alpha value is -1.54. The van der Waals surface area contributed by atoms with E-state index in [0.717, 1.165) is 30.5 Å². The number of hydrogen-bond donors (Lipinski definition) is 1. The summed E-state index contributed by atoms with van der Waals surface area (Å²) in [5, 5.41) is 8.54. The highest BCUT2D eigenvalue weighted by Crippen LogP contribution is 2.18. The Bertz CT molecular complexity index is 459. The van der Waals surface area contributed by atoms with Gasteiger partial charge in [-0.15, -0.1) is 0 Å². The average molecular weight is 303 g/mol. The molecule has 6 nitrogen and oxygen atoms in total. The van der Waals surface area contributed by atoms with E-state index in [2.05, 4.69) is 9.88 Å². The number of ether oxygens (including phenoxy) is 1. The van der Waals surface area contributed by atoms with Crippen LogP contribution in [0.4, 0.5) is 8.78 Å². The number of nitrogens with zero attached hydrogens (tertiary/aromatic N) is 3. The molecule has 2 rings (SSSR count). The van der Waals surface area contributed by atoms with E-state index in [1.807, 2.05) is 0 Å². The first-order valence-electron chi connectivity index (χ1n) is 6.92. The molecule has 0 radical (unpaired) electrons. The monoisotopic (exact) mass is 303 g/mol. The van der Waals surface area contributed by atoms with Gasteiger partial charge in [0.25, 0.3) is 0 Å². The Morgan fingerprint density at radius 1 is 1.48 bits per heavy atom. The summed E-state index contributed by atoms with van der Waals surface area (Å²) >= 11 is 0. The molecular weight excluding hydrogens is 284 g/mol. The van der Waals surface area contributed by atoms with Crippen molar-refractivity contribution in [3.8, 4) is 0 Å². The van der Waals surface area contributed by atoms with Crippen molar-refractivity contribution < 1.29 is 23.4 Å². The minimum absolute atomic E-state index is 0.00599. The van der Waals surface area contributed by atoms with Crippen molar-refractivity contribution in [2.45, 2.75) is 38.5 Å². The number of likely N-dealkylation sites (tertiary alicyclic amines) is 1. The normalized spacial score (nSPS) is 17.5. The lowest BCUT2D eigenvalue weighted by Crippen LogP contribution is -2.37. The van der Waals surface area contributed by atoms with Gasteiger partial charge in [0.15, 0.2) is 0 Å². The van der Waals surface area contributed by atoms with Crippen molar-refractivity contribution in [3.05, 3.63) is 18.2 Å². The topological polar surface area (TPSA) is 67.6 Å². The predicted molar refractivity (Wildman–Crippen MR) is 70.0 cm³/mol. The zero-order valence-corrected chi connectivity index (χ0v) is 11.6. The van der Waals surface area contributed by atoms with Gasteiger partial charge in [0.1, 0.15) is 5.82 Å². The van der Waals surface area contributed by atoms with E-state index >= 15 is 0 Å². The molecule has 118 valence electrons. The van der Waals surface area contributed by atoms with Gasteiger partial charge in [-0.3, -0.25) is 14.3 Å². The molecule has 0 spiro atoms. The second-order valence-corrected chi connectivity index (χ2v) is 5.02. The third-order valence-electron chi connectivity index (χ3n) is 3.53. The third-order valence-corrected chi connectivity index (χ3v) is 3.53. The van der Waals surface area contributed by atoms with Gasteiger partial charge in [-0.05, 0) is 12.8 Å². The summed E-state index contributed by atoms with van der Waals surface area (Å²) in [5.41, 5.74) is 0. The number of imidazole rings is 1. The molecule has 0 aliphatic carbocycles. The van der Waals surface area contributed by atoms with Crippen LogP contribution in [0.25, 0.3) is 0 Å². The molecule has 0 atom stereocenters. The van der Waals surface area contributed by atoms with Gasteiger partial charge in [0.2, 0.25) is 0 Å². The summed E-state index contributed by atoms with van der Waals surface area (Å²) in [7, 11) is 0. The van der Waals surface area contributed by atoms with Gasteiger partial charge in [0.05, 0.1) is 25.7 Å². The van der Waals surface area contributed by atoms with E-state index in [0.29, 0.717) is 12.4 Å². The zero-order chi connectivity index (χ0) is 15.2.